The number of hydrogen-bond acceptors (Lipinski definition) is 5. The maximum atomic E-state index is 12.1. The molecule has 0 radical (unpaired) electrons. The van der Waals surface area contributed by atoms with Crippen LogP contribution in [0.5, 0.6) is 5.75 Å². The number of carbonyl (C=O) groups is 2. The molecule has 7 nitrogen and oxygen atoms in total. The van der Waals surface area contributed by atoms with E-state index in [-0.39, 0.29) is 11.7 Å². The summed E-state index contributed by atoms with van der Waals surface area (Å²) in [6, 6.07) is 2.90. The maximum Gasteiger partial charge on any atom is 0.410 e. The van der Waals surface area contributed by atoms with Crippen LogP contribution in [0.3, 0.4) is 0 Å². The Morgan fingerprint density at radius 2 is 1.81 bits per heavy atom. The van der Waals surface area contributed by atoms with Crippen LogP contribution in [-0.4, -0.2) is 65.9 Å². The summed E-state index contributed by atoms with van der Waals surface area (Å²) in [4.78, 5) is 27.1. The van der Waals surface area contributed by atoms with Crippen LogP contribution >= 0.6 is 11.6 Å². The van der Waals surface area contributed by atoms with Crippen LogP contribution in [0.2, 0.25) is 5.02 Å². The third-order valence-electron chi connectivity index (χ3n) is 4.03. The summed E-state index contributed by atoms with van der Waals surface area (Å²) in [6.45, 7) is 8.50. The molecule has 0 aliphatic carbocycles. The van der Waals surface area contributed by atoms with Crippen molar-refractivity contribution in [3.05, 3.63) is 28.3 Å². The number of nitrogens with zero attached hydrogens (tertiary/aromatic N) is 2. The summed E-state index contributed by atoms with van der Waals surface area (Å²) < 4.78 is 10.7. The van der Waals surface area contributed by atoms with E-state index in [1.54, 1.807) is 4.90 Å². The molecule has 1 aliphatic rings. The van der Waals surface area contributed by atoms with Crippen LogP contribution in [0.4, 0.5) is 4.79 Å². The van der Waals surface area contributed by atoms with E-state index < -0.39 is 11.6 Å². The fourth-order valence-electron chi connectivity index (χ4n) is 2.71. The average Bonchev–Trinajstić information content (AvgIpc) is 2.55. The second-order valence-corrected chi connectivity index (χ2v) is 7.59. The number of carboxylic acids is 1. The third-order valence-corrected chi connectivity index (χ3v) is 4.36. The lowest BCUT2D eigenvalue weighted by Crippen LogP contribution is -2.49. The average molecular weight is 385 g/mol. The first-order valence-corrected chi connectivity index (χ1v) is 8.78. The van der Waals surface area contributed by atoms with Crippen LogP contribution in [0.15, 0.2) is 12.1 Å². The molecule has 1 heterocycles. The van der Waals surface area contributed by atoms with Gasteiger partial charge in [-0.2, -0.15) is 0 Å². The van der Waals surface area contributed by atoms with Crippen LogP contribution in [-0.2, 0) is 11.3 Å². The van der Waals surface area contributed by atoms with E-state index in [1.807, 2.05) is 20.8 Å². The molecule has 144 valence electrons. The monoisotopic (exact) mass is 384 g/mol. The normalized spacial score (nSPS) is 15.7. The molecule has 0 spiro atoms. The van der Waals surface area contributed by atoms with Gasteiger partial charge < -0.3 is 19.5 Å². The van der Waals surface area contributed by atoms with Crippen molar-refractivity contribution in [1.29, 1.82) is 0 Å². The van der Waals surface area contributed by atoms with Gasteiger partial charge in [-0.3, -0.25) is 4.90 Å². The Balaban J connectivity index is 2.01. The zero-order chi connectivity index (χ0) is 19.5. The molecule has 1 fully saturated rings. The van der Waals surface area contributed by atoms with Gasteiger partial charge in [0.15, 0.2) is 0 Å². The smallest absolute Gasteiger partial charge is 0.410 e. The fourth-order valence-corrected chi connectivity index (χ4v) is 2.98. The molecular weight excluding hydrogens is 360 g/mol. The molecule has 1 aromatic rings. The van der Waals surface area contributed by atoms with Crippen molar-refractivity contribution < 1.29 is 24.2 Å². The number of piperazine rings is 1. The van der Waals surface area contributed by atoms with Gasteiger partial charge in [0.25, 0.3) is 0 Å². The highest BCUT2D eigenvalue weighted by atomic mass is 35.5. The van der Waals surface area contributed by atoms with Crippen molar-refractivity contribution in [2.75, 3.05) is 33.3 Å². The SMILES string of the molecule is COc1cc(C(=O)O)cc(Cl)c1CN1CCN(C(=O)OC(C)(C)C)CC1. The largest absolute Gasteiger partial charge is 0.496 e. The first-order valence-electron chi connectivity index (χ1n) is 8.40. The second kappa shape index (κ2) is 8.14. The van der Waals surface area contributed by atoms with E-state index in [4.69, 9.17) is 26.2 Å². The van der Waals surface area contributed by atoms with Crippen molar-refractivity contribution in [2.24, 2.45) is 0 Å². The van der Waals surface area contributed by atoms with Crippen molar-refractivity contribution in [3.8, 4) is 5.75 Å². The Morgan fingerprint density at radius 1 is 1.19 bits per heavy atom. The molecule has 1 N–H and O–H groups in total. The van der Waals surface area contributed by atoms with Crippen molar-refractivity contribution in [1.82, 2.24) is 9.80 Å². The summed E-state index contributed by atoms with van der Waals surface area (Å²) in [7, 11) is 1.49. The van der Waals surface area contributed by atoms with Gasteiger partial charge in [-0.1, -0.05) is 11.6 Å². The molecule has 8 heteroatoms. The Hall–Kier alpha value is -1.99. The minimum atomic E-state index is -1.05. The summed E-state index contributed by atoms with van der Waals surface area (Å²) in [5.41, 5.74) is 0.316. The zero-order valence-corrected chi connectivity index (χ0v) is 16.3. The first kappa shape index (κ1) is 20.3. The molecule has 0 bridgehead atoms. The Kier molecular flexibility index (Phi) is 6.36. The van der Waals surface area contributed by atoms with Crippen LogP contribution < -0.4 is 4.74 Å². The summed E-state index contributed by atoms with van der Waals surface area (Å²) in [6.07, 6.45) is -0.307. The Labute approximate surface area is 158 Å². The zero-order valence-electron chi connectivity index (χ0n) is 15.5. The molecule has 26 heavy (non-hydrogen) atoms. The van der Waals surface area contributed by atoms with Crippen molar-refractivity contribution >= 4 is 23.7 Å². The van der Waals surface area contributed by atoms with Crippen LogP contribution in [0.25, 0.3) is 0 Å². The van der Waals surface area contributed by atoms with Gasteiger partial charge in [0.05, 0.1) is 12.7 Å². The van der Waals surface area contributed by atoms with Crippen molar-refractivity contribution in [3.63, 3.8) is 0 Å². The summed E-state index contributed by atoms with van der Waals surface area (Å²) in [5.74, 6) is -0.604. The van der Waals surface area contributed by atoms with Gasteiger partial charge in [0, 0.05) is 43.3 Å². The van der Waals surface area contributed by atoms with Gasteiger partial charge in [0.2, 0.25) is 0 Å². The molecular formula is C18H25ClN2O5. The Morgan fingerprint density at radius 3 is 2.31 bits per heavy atom. The molecule has 1 aliphatic heterocycles. The van der Waals surface area contributed by atoms with E-state index in [1.165, 1.54) is 19.2 Å². The van der Waals surface area contributed by atoms with Gasteiger partial charge >= 0.3 is 12.1 Å². The van der Waals surface area contributed by atoms with Crippen LogP contribution in [0.1, 0.15) is 36.7 Å². The number of hydrogen-bond donors (Lipinski definition) is 1. The number of carbonyl (C=O) groups excluding carboxylic acids is 1. The number of halogens is 1. The predicted molar refractivity (Wildman–Crippen MR) is 98.0 cm³/mol. The number of ether oxygens (including phenoxy) is 2. The second-order valence-electron chi connectivity index (χ2n) is 7.19. The third kappa shape index (κ3) is 5.25. The Bertz CT molecular complexity index is 679. The van der Waals surface area contributed by atoms with Crippen LogP contribution in [0, 0.1) is 0 Å². The standard InChI is InChI=1S/C18H25ClN2O5/c1-18(2,3)26-17(24)21-7-5-20(6-8-21)11-13-14(19)9-12(16(22)23)10-15(13)25-4/h9-10H,5-8,11H2,1-4H3,(H,22,23). The van der Waals surface area contributed by atoms with Gasteiger partial charge in [0.1, 0.15) is 11.4 Å². The predicted octanol–water partition coefficient (Wildman–Crippen LogP) is 3.10. The number of aromatic carboxylic acids is 1. The lowest BCUT2D eigenvalue weighted by Gasteiger charge is -2.35. The first-order chi connectivity index (χ1) is 12.1. The van der Waals surface area contributed by atoms with Gasteiger partial charge in [-0.05, 0) is 32.9 Å². The topological polar surface area (TPSA) is 79.3 Å². The highest BCUT2D eigenvalue weighted by molar-refractivity contribution is 6.32. The molecule has 0 atom stereocenters. The minimum Gasteiger partial charge on any atom is -0.496 e. The van der Waals surface area contributed by atoms with E-state index in [0.717, 1.165) is 5.56 Å². The number of amides is 1. The van der Waals surface area contributed by atoms with Crippen molar-refractivity contribution in [2.45, 2.75) is 32.9 Å². The van der Waals surface area contributed by atoms with Gasteiger partial charge in [-0.15, -0.1) is 0 Å². The minimum absolute atomic E-state index is 0.0883. The molecule has 1 saturated heterocycles. The molecule has 1 aromatic carbocycles. The highest BCUT2D eigenvalue weighted by Gasteiger charge is 2.26. The lowest BCUT2D eigenvalue weighted by molar-refractivity contribution is 0.0138. The maximum absolute atomic E-state index is 12.1. The van der Waals surface area contributed by atoms with E-state index in [9.17, 15) is 9.59 Å². The molecule has 1 amide bonds. The molecule has 0 saturated carbocycles. The van der Waals surface area contributed by atoms with E-state index >= 15 is 0 Å². The summed E-state index contributed by atoms with van der Waals surface area (Å²) in [5, 5.41) is 9.49. The number of methoxy groups -OCH3 is 1. The van der Waals surface area contributed by atoms with E-state index in [2.05, 4.69) is 4.90 Å². The van der Waals surface area contributed by atoms with Gasteiger partial charge in [-0.25, -0.2) is 9.59 Å². The highest BCUT2D eigenvalue weighted by Crippen LogP contribution is 2.30. The molecule has 0 aromatic heterocycles. The molecule has 0 unspecified atom stereocenters. The fraction of sp³-hybridized carbons (Fsp3) is 0.556. The number of carboxylic acid groups (broad SMARTS) is 1. The quantitative estimate of drug-likeness (QED) is 0.859. The summed E-state index contributed by atoms with van der Waals surface area (Å²) >= 11 is 6.27. The van der Waals surface area contributed by atoms with E-state index in [0.29, 0.717) is 43.5 Å². The number of benzene rings is 1. The molecule has 2 rings (SSSR count). The number of rotatable bonds is 4. The lowest BCUT2D eigenvalue weighted by atomic mass is 10.1.